The van der Waals surface area contributed by atoms with E-state index in [4.69, 9.17) is 33.9 Å². The number of benzene rings is 1. The lowest BCUT2D eigenvalue weighted by atomic mass is 10.1. The molecule has 1 aliphatic heterocycles. The molecule has 0 radical (unpaired) electrons. The van der Waals surface area contributed by atoms with Gasteiger partial charge in [-0.3, -0.25) is 4.98 Å². The number of anilines is 1. The Balaban J connectivity index is 0.00000225. The minimum atomic E-state index is -0.983. The zero-order chi connectivity index (χ0) is 19.1. The molecule has 0 bridgehead atoms. The molecule has 4 rings (SSSR count). The van der Waals surface area contributed by atoms with Crippen LogP contribution >= 0.6 is 35.6 Å². The molecular formula is C19H21Cl3FN5. The fourth-order valence-electron chi connectivity index (χ4n) is 3.56. The number of piperidine rings is 1. The predicted octanol–water partition coefficient (Wildman–Crippen LogP) is 4.64. The Morgan fingerprint density at radius 1 is 1.21 bits per heavy atom. The molecule has 9 heteroatoms. The van der Waals surface area contributed by atoms with Gasteiger partial charge in [0.25, 0.3) is 0 Å². The minimum Gasteiger partial charge on any atom is -0.340 e. The van der Waals surface area contributed by atoms with E-state index >= 15 is 0 Å². The van der Waals surface area contributed by atoms with Crippen LogP contribution in [-0.4, -0.2) is 39.8 Å². The van der Waals surface area contributed by atoms with E-state index in [1.165, 1.54) is 0 Å². The van der Waals surface area contributed by atoms with Gasteiger partial charge in [0.2, 0.25) is 5.95 Å². The van der Waals surface area contributed by atoms with Crippen molar-refractivity contribution in [3.8, 4) is 0 Å². The Kier molecular flexibility index (Phi) is 6.34. The van der Waals surface area contributed by atoms with Crippen LogP contribution in [0.25, 0.3) is 11.0 Å². The van der Waals surface area contributed by atoms with Crippen LogP contribution in [0.1, 0.15) is 25.1 Å². The van der Waals surface area contributed by atoms with Gasteiger partial charge in [-0.15, -0.1) is 12.4 Å². The van der Waals surface area contributed by atoms with Gasteiger partial charge in [-0.1, -0.05) is 23.2 Å². The summed E-state index contributed by atoms with van der Waals surface area (Å²) >= 11 is 12.2. The van der Waals surface area contributed by atoms with E-state index in [1.807, 2.05) is 42.2 Å². The first-order valence-electron chi connectivity index (χ1n) is 8.87. The SMILES string of the molecule is CC(c1ccc(Cl)cn1)n1c(N2CCC(F)[C@H](N)C2)nc2ccc(Cl)cc21.Cl. The summed E-state index contributed by atoms with van der Waals surface area (Å²) in [5.74, 6) is 0.749. The Hall–Kier alpha value is -1.60. The van der Waals surface area contributed by atoms with Crippen molar-refractivity contribution in [2.24, 2.45) is 5.73 Å². The van der Waals surface area contributed by atoms with E-state index in [1.54, 1.807) is 6.20 Å². The van der Waals surface area contributed by atoms with Crippen molar-refractivity contribution in [3.05, 3.63) is 52.3 Å². The maximum Gasteiger partial charge on any atom is 0.207 e. The molecule has 0 spiro atoms. The van der Waals surface area contributed by atoms with E-state index in [9.17, 15) is 4.39 Å². The summed E-state index contributed by atoms with van der Waals surface area (Å²) in [6, 6.07) is 8.67. The summed E-state index contributed by atoms with van der Waals surface area (Å²) in [6.07, 6.45) is 1.03. The molecule has 3 aromatic rings. The summed E-state index contributed by atoms with van der Waals surface area (Å²) in [5.41, 5.74) is 8.55. The highest BCUT2D eigenvalue weighted by Crippen LogP contribution is 2.33. The number of nitrogens with two attached hydrogens (primary N) is 1. The van der Waals surface area contributed by atoms with Gasteiger partial charge < -0.3 is 15.2 Å². The first-order valence-corrected chi connectivity index (χ1v) is 9.63. The fraction of sp³-hybridized carbons (Fsp3) is 0.368. The third kappa shape index (κ3) is 3.92. The molecule has 5 nitrogen and oxygen atoms in total. The molecule has 0 saturated carbocycles. The zero-order valence-electron chi connectivity index (χ0n) is 15.2. The van der Waals surface area contributed by atoms with Crippen LogP contribution in [0.2, 0.25) is 10.0 Å². The number of pyridine rings is 1. The van der Waals surface area contributed by atoms with E-state index in [0.717, 1.165) is 22.7 Å². The van der Waals surface area contributed by atoms with Crippen molar-refractivity contribution < 1.29 is 4.39 Å². The van der Waals surface area contributed by atoms with Crippen LogP contribution in [0.5, 0.6) is 0 Å². The molecular weight excluding hydrogens is 424 g/mol. The largest absolute Gasteiger partial charge is 0.340 e. The van der Waals surface area contributed by atoms with Gasteiger partial charge in [-0.2, -0.15) is 0 Å². The van der Waals surface area contributed by atoms with Crippen molar-refractivity contribution in [3.63, 3.8) is 0 Å². The average Bonchev–Trinajstić information content (AvgIpc) is 3.02. The quantitative estimate of drug-likeness (QED) is 0.639. The van der Waals surface area contributed by atoms with Crippen molar-refractivity contribution in [2.45, 2.75) is 31.6 Å². The lowest BCUT2D eigenvalue weighted by molar-refractivity contribution is 0.243. The molecule has 1 aliphatic rings. The van der Waals surface area contributed by atoms with E-state index in [2.05, 4.69) is 9.55 Å². The van der Waals surface area contributed by atoms with E-state index < -0.39 is 12.2 Å². The molecule has 1 saturated heterocycles. The second-order valence-corrected chi connectivity index (χ2v) is 7.78. The van der Waals surface area contributed by atoms with Gasteiger partial charge in [0.15, 0.2) is 0 Å². The monoisotopic (exact) mass is 443 g/mol. The highest BCUT2D eigenvalue weighted by molar-refractivity contribution is 6.31. The standard InChI is InChI=1S/C19H20Cl2FN5.ClH/c1-11(16-4-3-13(21)9-24-16)27-18-8-12(20)2-5-17(18)25-19(27)26-7-6-14(22)15(23)10-26;/h2-5,8-9,11,14-15H,6-7,10,23H2,1H3;1H/t11?,14?,15-;/m1./s1. The highest BCUT2D eigenvalue weighted by Gasteiger charge is 2.30. The number of rotatable bonds is 3. The highest BCUT2D eigenvalue weighted by atomic mass is 35.5. The normalized spacial score (nSPS) is 20.8. The maximum absolute atomic E-state index is 13.9. The van der Waals surface area contributed by atoms with Crippen LogP contribution in [0.3, 0.4) is 0 Å². The van der Waals surface area contributed by atoms with Crippen molar-refractivity contribution in [1.29, 1.82) is 0 Å². The number of imidazole rings is 1. The fourth-order valence-corrected chi connectivity index (χ4v) is 3.84. The number of nitrogens with zero attached hydrogens (tertiary/aromatic N) is 4. The number of halogens is 4. The smallest absolute Gasteiger partial charge is 0.207 e. The molecule has 3 atom stereocenters. The van der Waals surface area contributed by atoms with Gasteiger partial charge in [0.05, 0.1) is 33.8 Å². The van der Waals surface area contributed by atoms with Crippen molar-refractivity contribution in [1.82, 2.24) is 14.5 Å². The Morgan fingerprint density at radius 3 is 2.64 bits per heavy atom. The molecule has 0 aliphatic carbocycles. The third-order valence-corrected chi connectivity index (χ3v) is 5.51. The number of alkyl halides is 1. The van der Waals surface area contributed by atoms with Gasteiger partial charge in [0.1, 0.15) is 6.17 Å². The Bertz CT molecular complexity index is 962. The third-order valence-electron chi connectivity index (χ3n) is 5.05. The molecule has 1 fully saturated rings. The van der Waals surface area contributed by atoms with Crippen LogP contribution in [0.15, 0.2) is 36.5 Å². The van der Waals surface area contributed by atoms with Crippen LogP contribution in [0, 0.1) is 0 Å². The average molecular weight is 445 g/mol. The first kappa shape index (κ1) is 21.1. The minimum absolute atomic E-state index is 0. The summed E-state index contributed by atoms with van der Waals surface area (Å²) in [5, 5.41) is 1.21. The zero-order valence-corrected chi connectivity index (χ0v) is 17.6. The lowest BCUT2D eigenvalue weighted by Crippen LogP contribution is -2.50. The van der Waals surface area contributed by atoms with Gasteiger partial charge in [0, 0.05) is 24.3 Å². The molecule has 3 heterocycles. The molecule has 2 unspecified atom stereocenters. The Labute approximate surface area is 179 Å². The first-order chi connectivity index (χ1) is 12.9. The second kappa shape index (κ2) is 8.41. The maximum atomic E-state index is 13.9. The summed E-state index contributed by atoms with van der Waals surface area (Å²) in [6.45, 7) is 3.02. The summed E-state index contributed by atoms with van der Waals surface area (Å²) in [4.78, 5) is 11.3. The van der Waals surface area contributed by atoms with Crippen LogP contribution < -0.4 is 10.6 Å². The number of aromatic nitrogens is 3. The van der Waals surface area contributed by atoms with Crippen molar-refractivity contribution in [2.75, 3.05) is 18.0 Å². The summed E-state index contributed by atoms with van der Waals surface area (Å²) in [7, 11) is 0. The topological polar surface area (TPSA) is 60.0 Å². The lowest BCUT2D eigenvalue weighted by Gasteiger charge is -2.34. The van der Waals surface area contributed by atoms with Gasteiger partial charge >= 0.3 is 0 Å². The molecule has 2 aromatic heterocycles. The predicted molar refractivity (Wildman–Crippen MR) is 115 cm³/mol. The van der Waals surface area contributed by atoms with Crippen LogP contribution in [-0.2, 0) is 0 Å². The van der Waals surface area contributed by atoms with Crippen molar-refractivity contribution >= 4 is 52.6 Å². The van der Waals surface area contributed by atoms with Gasteiger partial charge in [-0.25, -0.2) is 9.37 Å². The van der Waals surface area contributed by atoms with E-state index in [-0.39, 0.29) is 18.4 Å². The summed E-state index contributed by atoms with van der Waals surface area (Å²) < 4.78 is 16.0. The number of fused-ring (bicyclic) bond motifs is 1. The second-order valence-electron chi connectivity index (χ2n) is 6.91. The Morgan fingerprint density at radius 2 is 1.96 bits per heavy atom. The molecule has 2 N–H and O–H groups in total. The number of hydrogen-bond acceptors (Lipinski definition) is 4. The molecule has 1 aromatic carbocycles. The number of hydrogen-bond donors (Lipinski definition) is 1. The van der Waals surface area contributed by atoms with E-state index in [0.29, 0.717) is 29.6 Å². The molecule has 0 amide bonds. The molecule has 28 heavy (non-hydrogen) atoms. The van der Waals surface area contributed by atoms with Gasteiger partial charge in [-0.05, 0) is 43.7 Å². The van der Waals surface area contributed by atoms with Crippen LogP contribution in [0.4, 0.5) is 10.3 Å². The molecule has 150 valence electrons.